The third kappa shape index (κ3) is 5.27. The second kappa shape index (κ2) is 8.14. The third-order valence-corrected chi connectivity index (χ3v) is 3.22. The van der Waals surface area contributed by atoms with Crippen molar-refractivity contribution in [1.82, 2.24) is 10.2 Å². The molecule has 122 valence electrons. The van der Waals surface area contributed by atoms with Crippen molar-refractivity contribution >= 4 is 17.5 Å². The molecule has 1 heterocycles. The van der Waals surface area contributed by atoms with Crippen LogP contribution in [0.4, 0.5) is 5.69 Å². The molecule has 0 bridgehead atoms. The minimum absolute atomic E-state index is 0.118. The number of carbonyl (C=O) groups is 2. The van der Waals surface area contributed by atoms with Gasteiger partial charge in [-0.3, -0.25) is 9.59 Å². The van der Waals surface area contributed by atoms with Gasteiger partial charge < -0.3 is 20.0 Å². The smallest absolute Gasteiger partial charge is 0.291 e. The SMILES string of the molecule is CN(C)CCCNC(=O)c1ccc(NC(=O)c2ccco2)cc1. The lowest BCUT2D eigenvalue weighted by molar-refractivity contribution is 0.0951. The van der Waals surface area contributed by atoms with Gasteiger partial charge in [0.25, 0.3) is 11.8 Å². The van der Waals surface area contributed by atoms with E-state index in [1.807, 2.05) is 14.1 Å². The van der Waals surface area contributed by atoms with Crippen LogP contribution < -0.4 is 10.6 Å². The van der Waals surface area contributed by atoms with E-state index in [0.717, 1.165) is 13.0 Å². The fourth-order valence-corrected chi connectivity index (χ4v) is 2.00. The van der Waals surface area contributed by atoms with E-state index in [9.17, 15) is 9.59 Å². The summed E-state index contributed by atoms with van der Waals surface area (Å²) < 4.78 is 5.02. The predicted molar refractivity (Wildman–Crippen MR) is 88.6 cm³/mol. The summed E-state index contributed by atoms with van der Waals surface area (Å²) in [4.78, 5) is 25.9. The van der Waals surface area contributed by atoms with Gasteiger partial charge in [0, 0.05) is 17.8 Å². The number of hydrogen-bond acceptors (Lipinski definition) is 4. The lowest BCUT2D eigenvalue weighted by Gasteiger charge is -2.10. The highest BCUT2D eigenvalue weighted by atomic mass is 16.3. The van der Waals surface area contributed by atoms with E-state index in [4.69, 9.17) is 4.42 Å². The molecule has 0 radical (unpaired) electrons. The van der Waals surface area contributed by atoms with Crippen LogP contribution in [0.2, 0.25) is 0 Å². The maximum Gasteiger partial charge on any atom is 0.291 e. The number of rotatable bonds is 7. The Bertz CT molecular complexity index is 634. The summed E-state index contributed by atoms with van der Waals surface area (Å²) in [6.45, 7) is 1.56. The molecule has 0 spiro atoms. The molecule has 1 aromatic carbocycles. The van der Waals surface area contributed by atoms with E-state index in [2.05, 4.69) is 15.5 Å². The summed E-state index contributed by atoms with van der Waals surface area (Å²) in [5.41, 5.74) is 1.17. The lowest BCUT2D eigenvalue weighted by Crippen LogP contribution is -2.27. The van der Waals surface area contributed by atoms with Gasteiger partial charge in [-0.2, -0.15) is 0 Å². The average Bonchev–Trinajstić information content (AvgIpc) is 3.06. The first-order chi connectivity index (χ1) is 11.1. The molecule has 2 amide bonds. The number of nitrogens with zero attached hydrogens (tertiary/aromatic N) is 1. The zero-order valence-electron chi connectivity index (χ0n) is 13.3. The van der Waals surface area contributed by atoms with E-state index in [0.29, 0.717) is 17.8 Å². The van der Waals surface area contributed by atoms with Gasteiger partial charge in [-0.1, -0.05) is 0 Å². The van der Waals surface area contributed by atoms with Crippen molar-refractivity contribution < 1.29 is 14.0 Å². The number of benzene rings is 1. The van der Waals surface area contributed by atoms with Crippen LogP contribution in [0.1, 0.15) is 27.3 Å². The van der Waals surface area contributed by atoms with Crippen LogP contribution in [-0.2, 0) is 0 Å². The fraction of sp³-hybridized carbons (Fsp3) is 0.294. The Morgan fingerprint density at radius 1 is 1.09 bits per heavy atom. The van der Waals surface area contributed by atoms with Gasteiger partial charge in [0.05, 0.1) is 6.26 Å². The summed E-state index contributed by atoms with van der Waals surface area (Å²) >= 11 is 0. The topological polar surface area (TPSA) is 74.6 Å². The van der Waals surface area contributed by atoms with Crippen LogP contribution in [0.25, 0.3) is 0 Å². The average molecular weight is 315 g/mol. The number of anilines is 1. The number of amides is 2. The van der Waals surface area contributed by atoms with E-state index in [1.54, 1.807) is 36.4 Å². The van der Waals surface area contributed by atoms with Gasteiger partial charge in [0.1, 0.15) is 0 Å². The molecule has 0 saturated heterocycles. The molecule has 6 nitrogen and oxygen atoms in total. The normalized spacial score (nSPS) is 10.6. The number of furan rings is 1. The predicted octanol–water partition coefficient (Wildman–Crippen LogP) is 2.21. The van der Waals surface area contributed by atoms with Crippen molar-refractivity contribution in [3.8, 4) is 0 Å². The molecule has 0 atom stereocenters. The molecule has 0 aliphatic carbocycles. The first kappa shape index (κ1) is 16.8. The number of nitrogens with one attached hydrogen (secondary N) is 2. The zero-order valence-corrected chi connectivity index (χ0v) is 13.3. The Morgan fingerprint density at radius 3 is 2.43 bits per heavy atom. The molecule has 2 rings (SSSR count). The lowest BCUT2D eigenvalue weighted by atomic mass is 10.2. The first-order valence-electron chi connectivity index (χ1n) is 7.44. The minimum atomic E-state index is -0.323. The second-order valence-electron chi connectivity index (χ2n) is 5.42. The highest BCUT2D eigenvalue weighted by Gasteiger charge is 2.09. The molecule has 2 aromatic rings. The standard InChI is InChI=1S/C17H21N3O3/c1-20(2)11-4-10-18-16(21)13-6-8-14(9-7-13)19-17(22)15-5-3-12-23-15/h3,5-9,12H,4,10-11H2,1-2H3,(H,18,21)(H,19,22). The fourth-order valence-electron chi connectivity index (χ4n) is 2.00. The van der Waals surface area contributed by atoms with Crippen molar-refractivity contribution in [2.24, 2.45) is 0 Å². The Morgan fingerprint density at radius 2 is 1.83 bits per heavy atom. The zero-order chi connectivity index (χ0) is 16.7. The Labute approximate surface area is 135 Å². The maximum absolute atomic E-state index is 12.0. The van der Waals surface area contributed by atoms with Crippen LogP contribution in [0.3, 0.4) is 0 Å². The van der Waals surface area contributed by atoms with Crippen molar-refractivity contribution in [2.75, 3.05) is 32.5 Å². The van der Waals surface area contributed by atoms with Gasteiger partial charge in [-0.05, 0) is 63.5 Å². The largest absolute Gasteiger partial charge is 0.459 e. The van der Waals surface area contributed by atoms with E-state index >= 15 is 0 Å². The summed E-state index contributed by atoms with van der Waals surface area (Å²) in [6, 6.07) is 9.98. The van der Waals surface area contributed by atoms with Gasteiger partial charge >= 0.3 is 0 Å². The minimum Gasteiger partial charge on any atom is -0.459 e. The molecule has 0 unspecified atom stereocenters. The van der Waals surface area contributed by atoms with E-state index < -0.39 is 0 Å². The second-order valence-corrected chi connectivity index (χ2v) is 5.42. The van der Waals surface area contributed by atoms with Crippen LogP contribution in [0.5, 0.6) is 0 Å². The molecule has 0 saturated carbocycles. The van der Waals surface area contributed by atoms with Crippen molar-refractivity contribution in [3.05, 3.63) is 54.0 Å². The Hall–Kier alpha value is -2.60. The summed E-state index contributed by atoms with van der Waals surface area (Å²) in [5.74, 6) is -0.198. The van der Waals surface area contributed by atoms with Crippen molar-refractivity contribution in [2.45, 2.75) is 6.42 Å². The molecule has 1 aromatic heterocycles. The quantitative estimate of drug-likeness (QED) is 0.768. The van der Waals surface area contributed by atoms with E-state index in [1.165, 1.54) is 6.26 Å². The molecule has 0 aliphatic rings. The van der Waals surface area contributed by atoms with Crippen LogP contribution >= 0.6 is 0 Å². The van der Waals surface area contributed by atoms with Crippen LogP contribution in [-0.4, -0.2) is 43.9 Å². The highest BCUT2D eigenvalue weighted by molar-refractivity contribution is 6.02. The van der Waals surface area contributed by atoms with Crippen LogP contribution in [0, 0.1) is 0 Å². The number of hydrogen-bond donors (Lipinski definition) is 2. The molecular weight excluding hydrogens is 294 g/mol. The highest BCUT2D eigenvalue weighted by Crippen LogP contribution is 2.11. The molecule has 23 heavy (non-hydrogen) atoms. The Balaban J connectivity index is 1.84. The summed E-state index contributed by atoms with van der Waals surface area (Å²) in [5, 5.41) is 5.57. The summed E-state index contributed by atoms with van der Waals surface area (Å²) in [7, 11) is 4.00. The van der Waals surface area contributed by atoms with Crippen LogP contribution in [0.15, 0.2) is 47.1 Å². The molecule has 0 aliphatic heterocycles. The summed E-state index contributed by atoms with van der Waals surface area (Å²) in [6.07, 6.45) is 2.34. The maximum atomic E-state index is 12.0. The van der Waals surface area contributed by atoms with Gasteiger partial charge in [-0.15, -0.1) is 0 Å². The van der Waals surface area contributed by atoms with Crippen molar-refractivity contribution in [1.29, 1.82) is 0 Å². The van der Waals surface area contributed by atoms with Gasteiger partial charge in [0.15, 0.2) is 5.76 Å². The number of carbonyl (C=O) groups excluding carboxylic acids is 2. The third-order valence-electron chi connectivity index (χ3n) is 3.22. The van der Waals surface area contributed by atoms with Crippen molar-refractivity contribution in [3.63, 3.8) is 0 Å². The molecule has 0 fully saturated rings. The monoisotopic (exact) mass is 315 g/mol. The van der Waals surface area contributed by atoms with Gasteiger partial charge in [-0.25, -0.2) is 0 Å². The first-order valence-corrected chi connectivity index (χ1v) is 7.44. The molecule has 6 heteroatoms. The molecule has 2 N–H and O–H groups in total. The van der Waals surface area contributed by atoms with E-state index in [-0.39, 0.29) is 17.6 Å². The molecular formula is C17H21N3O3. The van der Waals surface area contributed by atoms with Gasteiger partial charge in [0.2, 0.25) is 0 Å². The Kier molecular flexibility index (Phi) is 5.94.